The maximum Gasteiger partial charge on any atom is 0.224 e. The highest BCUT2D eigenvalue weighted by Gasteiger charge is 2.18. The minimum atomic E-state index is -0.112. The predicted octanol–water partition coefficient (Wildman–Crippen LogP) is 5.24. The monoisotopic (exact) mass is 419 g/mol. The van der Waals surface area contributed by atoms with E-state index in [0.717, 1.165) is 5.56 Å². The summed E-state index contributed by atoms with van der Waals surface area (Å²) in [7, 11) is 3.15. The Morgan fingerprint density at radius 3 is 2.60 bits per heavy atom. The number of methoxy groups -OCH3 is 2. The van der Waals surface area contributed by atoms with Crippen LogP contribution in [-0.2, 0) is 4.79 Å². The van der Waals surface area contributed by atoms with Gasteiger partial charge in [-0.2, -0.15) is 5.26 Å². The first-order valence-corrected chi connectivity index (χ1v) is 10.1. The zero-order valence-corrected chi connectivity index (χ0v) is 17.7. The van der Waals surface area contributed by atoms with E-state index < -0.39 is 0 Å². The van der Waals surface area contributed by atoms with Crippen molar-refractivity contribution in [1.29, 1.82) is 5.26 Å². The van der Waals surface area contributed by atoms with Crippen molar-refractivity contribution in [2.24, 2.45) is 0 Å². The lowest BCUT2D eigenvalue weighted by Gasteiger charge is -2.07. The van der Waals surface area contributed by atoms with Gasteiger partial charge in [-0.1, -0.05) is 48.6 Å². The molecule has 6 nitrogen and oxygen atoms in total. The Labute approximate surface area is 179 Å². The molecule has 152 valence electrons. The number of hydrogen-bond acceptors (Lipinski definition) is 6. The second-order valence-corrected chi connectivity index (χ2v) is 7.24. The molecular formula is C23H21N3O3S. The summed E-state index contributed by atoms with van der Waals surface area (Å²) in [6, 6.07) is 17.1. The molecule has 1 heterocycles. The molecular weight excluding hydrogens is 398 g/mol. The summed E-state index contributed by atoms with van der Waals surface area (Å²) in [6.07, 6.45) is 2.06. The Hall–Kier alpha value is -3.63. The number of anilines is 1. The van der Waals surface area contributed by atoms with Crippen LogP contribution in [0.25, 0.3) is 22.9 Å². The van der Waals surface area contributed by atoms with Gasteiger partial charge in [0, 0.05) is 17.5 Å². The fraction of sp³-hybridized carbons (Fsp3) is 0.174. The molecule has 0 saturated carbocycles. The predicted molar refractivity (Wildman–Crippen MR) is 120 cm³/mol. The zero-order chi connectivity index (χ0) is 21.5. The van der Waals surface area contributed by atoms with Crippen LogP contribution < -0.4 is 14.8 Å². The summed E-state index contributed by atoms with van der Waals surface area (Å²) < 4.78 is 10.7. The molecule has 0 unspecified atom stereocenters. The number of benzene rings is 2. The summed E-state index contributed by atoms with van der Waals surface area (Å²) in [5.74, 6) is 1.15. The Morgan fingerprint density at radius 2 is 1.97 bits per heavy atom. The van der Waals surface area contributed by atoms with Crippen LogP contribution >= 0.6 is 11.3 Å². The van der Waals surface area contributed by atoms with Crippen LogP contribution in [0.2, 0.25) is 0 Å². The molecule has 0 aliphatic heterocycles. The van der Waals surface area contributed by atoms with Gasteiger partial charge in [-0.25, -0.2) is 4.98 Å². The maximum atomic E-state index is 12.0. The normalized spacial score (nSPS) is 10.9. The number of thiazole rings is 1. The molecule has 0 spiro atoms. The van der Waals surface area contributed by atoms with Crippen LogP contribution in [0.5, 0.6) is 11.5 Å². The molecule has 1 amide bonds. The van der Waals surface area contributed by atoms with Crippen LogP contribution in [-0.4, -0.2) is 25.1 Å². The van der Waals surface area contributed by atoms with Gasteiger partial charge in [-0.3, -0.25) is 4.79 Å². The topological polar surface area (TPSA) is 84.2 Å². The maximum absolute atomic E-state index is 12.0. The number of hydrogen-bond donors (Lipinski definition) is 1. The van der Waals surface area contributed by atoms with Crippen LogP contribution in [0.4, 0.5) is 5.00 Å². The van der Waals surface area contributed by atoms with Gasteiger partial charge in [0.2, 0.25) is 5.91 Å². The van der Waals surface area contributed by atoms with E-state index in [1.54, 1.807) is 45.4 Å². The molecule has 0 radical (unpaired) electrons. The third kappa shape index (κ3) is 4.67. The van der Waals surface area contributed by atoms with E-state index in [1.165, 1.54) is 11.3 Å². The number of nitrogens with one attached hydrogen (secondary N) is 1. The number of nitriles is 1. The van der Waals surface area contributed by atoms with Gasteiger partial charge in [-0.05, 0) is 24.3 Å². The highest BCUT2D eigenvalue weighted by molar-refractivity contribution is 7.17. The highest BCUT2D eigenvalue weighted by Crippen LogP contribution is 2.37. The number of amides is 1. The van der Waals surface area contributed by atoms with Gasteiger partial charge >= 0.3 is 0 Å². The second-order valence-electron chi connectivity index (χ2n) is 6.24. The molecule has 30 heavy (non-hydrogen) atoms. The molecule has 2 aromatic carbocycles. The van der Waals surface area contributed by atoms with E-state index in [-0.39, 0.29) is 5.91 Å². The van der Waals surface area contributed by atoms with Gasteiger partial charge in [0.1, 0.15) is 33.3 Å². The van der Waals surface area contributed by atoms with Crippen molar-refractivity contribution in [1.82, 2.24) is 4.98 Å². The first-order valence-electron chi connectivity index (χ1n) is 9.29. The summed E-state index contributed by atoms with van der Waals surface area (Å²) in [4.78, 5) is 16.7. The lowest BCUT2D eigenvalue weighted by molar-refractivity contribution is -0.115. The molecule has 0 aliphatic carbocycles. The van der Waals surface area contributed by atoms with Crippen molar-refractivity contribution in [3.63, 3.8) is 0 Å². The summed E-state index contributed by atoms with van der Waals surface area (Å²) in [6.45, 7) is 1.79. The van der Waals surface area contributed by atoms with Gasteiger partial charge in [0.15, 0.2) is 0 Å². The number of carbonyl (C=O) groups is 1. The van der Waals surface area contributed by atoms with Crippen molar-refractivity contribution in [2.45, 2.75) is 13.3 Å². The molecule has 1 N–H and O–H groups in total. The Balaban J connectivity index is 2.11. The molecule has 1 aromatic heterocycles. The van der Waals surface area contributed by atoms with Crippen molar-refractivity contribution in [3.05, 3.63) is 59.1 Å². The first kappa shape index (κ1) is 21.1. The Kier molecular flexibility index (Phi) is 6.83. The van der Waals surface area contributed by atoms with E-state index in [2.05, 4.69) is 16.4 Å². The van der Waals surface area contributed by atoms with E-state index >= 15 is 0 Å². The van der Waals surface area contributed by atoms with Gasteiger partial charge < -0.3 is 14.8 Å². The number of ether oxygens (including phenoxy) is 2. The van der Waals surface area contributed by atoms with Crippen molar-refractivity contribution < 1.29 is 14.3 Å². The number of allylic oxidation sites excluding steroid dienone is 1. The fourth-order valence-corrected chi connectivity index (χ4v) is 3.75. The van der Waals surface area contributed by atoms with Crippen molar-refractivity contribution in [2.75, 3.05) is 19.5 Å². The van der Waals surface area contributed by atoms with Crippen LogP contribution in [0.15, 0.2) is 48.5 Å². The average Bonchev–Trinajstić information content (AvgIpc) is 3.21. The highest BCUT2D eigenvalue weighted by atomic mass is 32.1. The molecule has 0 bridgehead atoms. The molecule has 0 aliphatic rings. The minimum Gasteiger partial charge on any atom is -0.497 e. The number of rotatable bonds is 7. The lowest BCUT2D eigenvalue weighted by atomic mass is 10.1. The third-order valence-electron chi connectivity index (χ3n) is 4.34. The average molecular weight is 420 g/mol. The zero-order valence-electron chi connectivity index (χ0n) is 16.9. The van der Waals surface area contributed by atoms with Gasteiger partial charge in [-0.15, -0.1) is 0 Å². The third-order valence-corrected chi connectivity index (χ3v) is 5.34. The summed E-state index contributed by atoms with van der Waals surface area (Å²) in [5, 5.41) is 13.8. The summed E-state index contributed by atoms with van der Waals surface area (Å²) in [5.41, 5.74) is 2.56. The van der Waals surface area contributed by atoms with Gasteiger partial charge in [0.05, 0.1) is 19.8 Å². The Morgan fingerprint density at radius 1 is 1.20 bits per heavy atom. The largest absolute Gasteiger partial charge is 0.497 e. The molecule has 7 heteroatoms. The van der Waals surface area contributed by atoms with Crippen molar-refractivity contribution in [3.8, 4) is 28.8 Å². The number of carbonyl (C=O) groups excluding carboxylic acids is 1. The first-order chi connectivity index (χ1) is 14.6. The molecule has 0 fully saturated rings. The number of nitrogens with zero attached hydrogens (tertiary/aromatic N) is 2. The van der Waals surface area contributed by atoms with Crippen LogP contribution in [0.1, 0.15) is 23.9 Å². The fourth-order valence-electron chi connectivity index (χ4n) is 2.78. The molecule has 0 saturated heterocycles. The van der Waals surface area contributed by atoms with E-state index in [1.807, 2.05) is 30.3 Å². The lowest BCUT2D eigenvalue weighted by Crippen LogP contribution is -2.08. The molecule has 0 atom stereocenters. The quantitative estimate of drug-likeness (QED) is 0.530. The standard InChI is InChI=1S/C23H21N3O3S/c1-4-20(27)25-23-21(15-8-6-5-7-9-15)26-22(30-23)17(14-24)12-16-13-18(28-2)10-11-19(16)29-3/h5-13H,4H2,1-3H3,(H,25,27)/b17-12+. The van der Waals surface area contributed by atoms with Gasteiger partial charge in [0.25, 0.3) is 0 Å². The molecule has 3 rings (SSSR count). The summed E-state index contributed by atoms with van der Waals surface area (Å²) >= 11 is 1.27. The second kappa shape index (κ2) is 9.72. The minimum absolute atomic E-state index is 0.112. The van der Waals surface area contributed by atoms with Crippen molar-refractivity contribution >= 4 is 33.9 Å². The molecule has 3 aromatic rings. The van der Waals surface area contributed by atoms with E-state index in [9.17, 15) is 10.1 Å². The Bertz CT molecular complexity index is 1110. The smallest absolute Gasteiger partial charge is 0.224 e. The van der Waals surface area contributed by atoms with E-state index in [0.29, 0.717) is 44.8 Å². The SMILES string of the molecule is CCC(=O)Nc1sc(/C(C#N)=C/c2cc(OC)ccc2OC)nc1-c1ccccc1. The number of aromatic nitrogens is 1. The van der Waals surface area contributed by atoms with Crippen LogP contribution in [0.3, 0.4) is 0 Å². The van der Waals surface area contributed by atoms with E-state index in [4.69, 9.17) is 9.47 Å². The van der Waals surface area contributed by atoms with Crippen LogP contribution in [0, 0.1) is 11.3 Å².